The van der Waals surface area contributed by atoms with Crippen LogP contribution in [0.25, 0.3) is 0 Å². The molecule has 0 atom stereocenters. The molecule has 7 heteroatoms. The number of amides is 1. The summed E-state index contributed by atoms with van der Waals surface area (Å²) in [6.07, 6.45) is 5.42. The van der Waals surface area contributed by atoms with Crippen LogP contribution in [-0.4, -0.2) is 22.3 Å². The van der Waals surface area contributed by atoms with Crippen molar-refractivity contribution in [2.75, 3.05) is 6.79 Å². The molecule has 4 rings (SSSR count). The number of hydrogen-bond donors (Lipinski definition) is 1. The van der Waals surface area contributed by atoms with Crippen LogP contribution in [0.3, 0.4) is 0 Å². The van der Waals surface area contributed by atoms with Gasteiger partial charge < -0.3 is 19.4 Å². The van der Waals surface area contributed by atoms with Crippen molar-refractivity contribution < 1.29 is 14.3 Å². The standard InChI is InChI=1S/C19H16ClN3O3/c20-16-7-15(8-17-18(16)26-12-25-17)19(24)22-9-13-3-1-2-4-14(13)10-23-6-5-21-11-23/h1-8,11H,9-10,12H2,(H,22,24). The number of carbonyl (C=O) groups excluding carboxylic acids is 1. The van der Waals surface area contributed by atoms with E-state index in [-0.39, 0.29) is 12.7 Å². The van der Waals surface area contributed by atoms with Crippen LogP contribution in [0.1, 0.15) is 21.5 Å². The van der Waals surface area contributed by atoms with Gasteiger partial charge in [0.25, 0.3) is 5.91 Å². The third kappa shape index (κ3) is 3.36. The zero-order valence-electron chi connectivity index (χ0n) is 13.8. The summed E-state index contributed by atoms with van der Waals surface area (Å²) < 4.78 is 12.6. The van der Waals surface area contributed by atoms with Gasteiger partial charge in [-0.25, -0.2) is 4.98 Å². The van der Waals surface area contributed by atoms with E-state index in [4.69, 9.17) is 21.1 Å². The molecule has 1 N–H and O–H groups in total. The Balaban J connectivity index is 1.48. The monoisotopic (exact) mass is 369 g/mol. The minimum Gasteiger partial charge on any atom is -0.454 e. The lowest BCUT2D eigenvalue weighted by molar-refractivity contribution is 0.0950. The van der Waals surface area contributed by atoms with Crippen molar-refractivity contribution in [3.05, 3.63) is 76.8 Å². The molecule has 0 fully saturated rings. The average Bonchev–Trinajstić information content (AvgIpc) is 3.32. The molecule has 1 aliphatic rings. The Morgan fingerprint density at radius 1 is 1.23 bits per heavy atom. The van der Waals surface area contributed by atoms with Crippen molar-refractivity contribution in [1.29, 1.82) is 0 Å². The number of ether oxygens (including phenoxy) is 2. The van der Waals surface area contributed by atoms with Gasteiger partial charge in [-0.2, -0.15) is 0 Å². The Morgan fingerprint density at radius 2 is 2.08 bits per heavy atom. The quantitative estimate of drug-likeness (QED) is 0.749. The van der Waals surface area contributed by atoms with E-state index < -0.39 is 0 Å². The second kappa shape index (κ2) is 7.09. The summed E-state index contributed by atoms with van der Waals surface area (Å²) in [5.74, 6) is 0.750. The van der Waals surface area contributed by atoms with Gasteiger partial charge in [-0.05, 0) is 23.3 Å². The third-order valence-electron chi connectivity index (χ3n) is 4.16. The highest BCUT2D eigenvalue weighted by molar-refractivity contribution is 6.32. The molecule has 1 aliphatic heterocycles. The highest BCUT2D eigenvalue weighted by Gasteiger charge is 2.20. The van der Waals surface area contributed by atoms with Gasteiger partial charge in [-0.3, -0.25) is 4.79 Å². The molecule has 6 nitrogen and oxygen atoms in total. The van der Waals surface area contributed by atoms with E-state index in [1.165, 1.54) is 0 Å². The Kier molecular flexibility index (Phi) is 4.50. The number of rotatable bonds is 5. The second-order valence-electron chi connectivity index (χ2n) is 5.88. The molecule has 0 unspecified atom stereocenters. The van der Waals surface area contributed by atoms with E-state index in [1.54, 1.807) is 24.7 Å². The summed E-state index contributed by atoms with van der Waals surface area (Å²) in [6.45, 7) is 1.22. The molecule has 1 aromatic heterocycles. The van der Waals surface area contributed by atoms with Gasteiger partial charge >= 0.3 is 0 Å². The molecule has 0 bridgehead atoms. The SMILES string of the molecule is O=C(NCc1ccccc1Cn1ccnc1)c1cc(Cl)c2c(c1)OCO2. The fraction of sp³-hybridized carbons (Fsp3) is 0.158. The highest BCUT2D eigenvalue weighted by atomic mass is 35.5. The summed E-state index contributed by atoms with van der Waals surface area (Å²) in [5.41, 5.74) is 2.60. The molecule has 0 radical (unpaired) electrons. The van der Waals surface area contributed by atoms with Crippen LogP contribution in [0.2, 0.25) is 5.02 Å². The van der Waals surface area contributed by atoms with Gasteiger partial charge in [0.05, 0.1) is 11.3 Å². The first-order chi connectivity index (χ1) is 12.7. The van der Waals surface area contributed by atoms with Crippen molar-refractivity contribution in [2.45, 2.75) is 13.1 Å². The van der Waals surface area contributed by atoms with Gasteiger partial charge in [0.1, 0.15) is 0 Å². The van der Waals surface area contributed by atoms with Gasteiger partial charge in [0.15, 0.2) is 11.5 Å². The molecule has 132 valence electrons. The number of nitrogens with zero attached hydrogens (tertiary/aromatic N) is 2. The first-order valence-corrected chi connectivity index (χ1v) is 8.48. The molecule has 2 heterocycles. The lowest BCUT2D eigenvalue weighted by atomic mass is 10.1. The predicted octanol–water partition coefficient (Wildman–Crippen LogP) is 3.24. The Labute approximate surface area is 155 Å². The molecule has 1 amide bonds. The largest absolute Gasteiger partial charge is 0.454 e. The number of halogens is 1. The summed E-state index contributed by atoms with van der Waals surface area (Å²) in [6, 6.07) is 11.2. The van der Waals surface area contributed by atoms with Crippen LogP contribution in [-0.2, 0) is 13.1 Å². The smallest absolute Gasteiger partial charge is 0.251 e. The third-order valence-corrected chi connectivity index (χ3v) is 4.44. The number of carbonyl (C=O) groups is 1. The van der Waals surface area contributed by atoms with E-state index in [1.807, 2.05) is 35.0 Å². The fourth-order valence-electron chi connectivity index (χ4n) is 2.84. The van der Waals surface area contributed by atoms with Gasteiger partial charge in [0.2, 0.25) is 6.79 Å². The molecule has 0 spiro atoms. The number of nitrogens with one attached hydrogen (secondary N) is 1. The van der Waals surface area contributed by atoms with E-state index in [9.17, 15) is 4.79 Å². The van der Waals surface area contributed by atoms with Gasteiger partial charge in [-0.1, -0.05) is 35.9 Å². The number of imidazole rings is 1. The molecule has 3 aromatic rings. The molecule has 2 aromatic carbocycles. The van der Waals surface area contributed by atoms with Crippen molar-refractivity contribution >= 4 is 17.5 Å². The lowest BCUT2D eigenvalue weighted by Crippen LogP contribution is -2.23. The van der Waals surface area contributed by atoms with Crippen molar-refractivity contribution in [3.8, 4) is 11.5 Å². The Morgan fingerprint density at radius 3 is 2.88 bits per heavy atom. The van der Waals surface area contributed by atoms with E-state index in [0.717, 1.165) is 11.1 Å². The highest BCUT2D eigenvalue weighted by Crippen LogP contribution is 2.39. The first-order valence-electron chi connectivity index (χ1n) is 8.10. The summed E-state index contributed by atoms with van der Waals surface area (Å²) in [4.78, 5) is 16.6. The van der Waals surface area contributed by atoms with Crippen LogP contribution in [0.4, 0.5) is 0 Å². The first kappa shape index (κ1) is 16.5. The normalized spacial score (nSPS) is 12.2. The number of aromatic nitrogens is 2. The summed E-state index contributed by atoms with van der Waals surface area (Å²) in [5, 5.41) is 3.30. The zero-order valence-corrected chi connectivity index (χ0v) is 14.6. The van der Waals surface area contributed by atoms with Gasteiger partial charge in [0, 0.05) is 31.0 Å². The predicted molar refractivity (Wildman–Crippen MR) is 96.5 cm³/mol. The zero-order chi connectivity index (χ0) is 17.9. The topological polar surface area (TPSA) is 65.4 Å². The maximum atomic E-state index is 12.5. The van der Waals surface area contributed by atoms with Crippen LogP contribution in [0.5, 0.6) is 11.5 Å². The lowest BCUT2D eigenvalue weighted by Gasteiger charge is -2.12. The minimum atomic E-state index is -0.220. The Hall–Kier alpha value is -2.99. The van der Waals surface area contributed by atoms with Crippen LogP contribution in [0, 0.1) is 0 Å². The van der Waals surface area contributed by atoms with E-state index in [0.29, 0.717) is 35.2 Å². The summed E-state index contributed by atoms with van der Waals surface area (Å²) >= 11 is 6.15. The second-order valence-corrected chi connectivity index (χ2v) is 6.29. The molecule has 0 aliphatic carbocycles. The molecular weight excluding hydrogens is 354 g/mol. The van der Waals surface area contributed by atoms with Gasteiger partial charge in [-0.15, -0.1) is 0 Å². The summed E-state index contributed by atoms with van der Waals surface area (Å²) in [7, 11) is 0. The van der Waals surface area contributed by atoms with Crippen molar-refractivity contribution in [1.82, 2.24) is 14.9 Å². The van der Waals surface area contributed by atoms with E-state index >= 15 is 0 Å². The fourth-order valence-corrected chi connectivity index (χ4v) is 3.10. The molecule has 0 saturated carbocycles. The molecular formula is C19H16ClN3O3. The molecule has 26 heavy (non-hydrogen) atoms. The molecule has 0 saturated heterocycles. The maximum Gasteiger partial charge on any atom is 0.251 e. The number of benzene rings is 2. The van der Waals surface area contributed by atoms with Crippen LogP contribution < -0.4 is 14.8 Å². The van der Waals surface area contributed by atoms with E-state index in [2.05, 4.69) is 10.3 Å². The van der Waals surface area contributed by atoms with Crippen molar-refractivity contribution in [2.24, 2.45) is 0 Å². The van der Waals surface area contributed by atoms with Crippen LogP contribution in [0.15, 0.2) is 55.1 Å². The van der Waals surface area contributed by atoms with Crippen LogP contribution >= 0.6 is 11.6 Å². The average molecular weight is 370 g/mol. The Bertz CT molecular complexity index is 941. The van der Waals surface area contributed by atoms with Crippen molar-refractivity contribution in [3.63, 3.8) is 0 Å². The number of fused-ring (bicyclic) bond motifs is 1. The minimum absolute atomic E-state index is 0.113. The maximum absolute atomic E-state index is 12.5. The number of hydrogen-bond acceptors (Lipinski definition) is 4.